The summed E-state index contributed by atoms with van der Waals surface area (Å²) in [7, 11) is 0. The van der Waals surface area contributed by atoms with E-state index in [4.69, 9.17) is 4.98 Å². The molecule has 0 spiro atoms. The molecule has 1 aromatic carbocycles. The number of benzene rings is 1. The molecule has 0 saturated carbocycles. The number of nitrogens with zero attached hydrogens (tertiary/aromatic N) is 5. The molecule has 1 amide bonds. The average molecular weight is 399 g/mol. The molecule has 4 heterocycles. The van der Waals surface area contributed by atoms with Gasteiger partial charge in [-0.3, -0.25) is 9.78 Å². The minimum atomic E-state index is 0.0791. The van der Waals surface area contributed by atoms with Gasteiger partial charge >= 0.3 is 0 Å². The zero-order chi connectivity index (χ0) is 20.5. The highest BCUT2D eigenvalue weighted by Gasteiger charge is 2.27. The number of pyridine rings is 2. The maximum Gasteiger partial charge on any atom is 0.254 e. The number of rotatable bonds is 4. The minimum Gasteiger partial charge on any atom is -0.338 e. The molecule has 0 radical (unpaired) electrons. The fourth-order valence-corrected chi connectivity index (χ4v) is 4.43. The molecule has 0 bridgehead atoms. The summed E-state index contributed by atoms with van der Waals surface area (Å²) in [6.07, 6.45) is 6.69. The molecule has 1 fully saturated rings. The van der Waals surface area contributed by atoms with Crippen LogP contribution in [0.2, 0.25) is 0 Å². The summed E-state index contributed by atoms with van der Waals surface area (Å²) >= 11 is 0. The first kappa shape index (κ1) is 18.7. The number of amides is 1. The van der Waals surface area contributed by atoms with Gasteiger partial charge in [0.1, 0.15) is 0 Å². The lowest BCUT2D eigenvalue weighted by molar-refractivity contribution is 0.0708. The Morgan fingerprint density at radius 2 is 2.10 bits per heavy atom. The van der Waals surface area contributed by atoms with Gasteiger partial charge < -0.3 is 4.90 Å². The van der Waals surface area contributed by atoms with E-state index in [2.05, 4.69) is 29.1 Å². The highest BCUT2D eigenvalue weighted by molar-refractivity contribution is 6.06. The fourth-order valence-electron chi connectivity index (χ4n) is 4.43. The van der Waals surface area contributed by atoms with E-state index in [1.54, 1.807) is 6.20 Å². The van der Waals surface area contributed by atoms with Crippen LogP contribution in [-0.4, -0.2) is 43.6 Å². The third kappa shape index (κ3) is 3.32. The molecular weight excluding hydrogens is 374 g/mol. The third-order valence-corrected chi connectivity index (χ3v) is 5.95. The Morgan fingerprint density at radius 1 is 1.17 bits per heavy atom. The Morgan fingerprint density at radius 3 is 3.00 bits per heavy atom. The van der Waals surface area contributed by atoms with Gasteiger partial charge in [-0.15, -0.1) is 0 Å². The molecule has 6 heteroatoms. The SMILES string of the molecule is CCCn1ncc2ccc([C@@H]3CCCN(C(=O)c4cccc5ncccc45)C3)nc21. The number of likely N-dealkylation sites (tertiary alicyclic amines) is 1. The second-order valence-electron chi connectivity index (χ2n) is 7.98. The van der Waals surface area contributed by atoms with Crippen LogP contribution in [0.1, 0.15) is 48.2 Å². The third-order valence-electron chi connectivity index (χ3n) is 5.95. The number of aryl methyl sites for hydroxylation is 1. The average Bonchev–Trinajstić information content (AvgIpc) is 3.21. The van der Waals surface area contributed by atoms with Crippen LogP contribution in [0, 0.1) is 0 Å². The maximum atomic E-state index is 13.4. The van der Waals surface area contributed by atoms with Crippen molar-refractivity contribution in [3.05, 3.63) is 66.1 Å². The van der Waals surface area contributed by atoms with Crippen molar-refractivity contribution in [1.29, 1.82) is 0 Å². The number of hydrogen-bond donors (Lipinski definition) is 0. The number of fused-ring (bicyclic) bond motifs is 2. The molecule has 3 aromatic heterocycles. The maximum absolute atomic E-state index is 13.4. The van der Waals surface area contributed by atoms with E-state index in [1.807, 2.05) is 46.1 Å². The van der Waals surface area contributed by atoms with E-state index < -0.39 is 0 Å². The van der Waals surface area contributed by atoms with Crippen molar-refractivity contribution < 1.29 is 4.79 Å². The van der Waals surface area contributed by atoms with E-state index in [1.165, 1.54) is 0 Å². The Hall–Kier alpha value is -3.28. The van der Waals surface area contributed by atoms with Gasteiger partial charge in [0.15, 0.2) is 5.65 Å². The number of carbonyl (C=O) groups is 1. The van der Waals surface area contributed by atoms with Crippen molar-refractivity contribution in [2.75, 3.05) is 13.1 Å². The summed E-state index contributed by atoms with van der Waals surface area (Å²) < 4.78 is 1.98. The first-order chi connectivity index (χ1) is 14.7. The van der Waals surface area contributed by atoms with Gasteiger partial charge in [0, 0.05) is 53.8 Å². The highest BCUT2D eigenvalue weighted by atomic mass is 16.2. The lowest BCUT2D eigenvalue weighted by Crippen LogP contribution is -2.39. The molecule has 4 aromatic rings. The Balaban J connectivity index is 1.42. The second-order valence-corrected chi connectivity index (χ2v) is 7.98. The zero-order valence-electron chi connectivity index (χ0n) is 17.2. The molecule has 1 aliphatic heterocycles. The molecule has 0 unspecified atom stereocenters. The van der Waals surface area contributed by atoms with Gasteiger partial charge in [0.2, 0.25) is 0 Å². The second kappa shape index (κ2) is 7.86. The van der Waals surface area contributed by atoms with Crippen LogP contribution in [0.15, 0.2) is 54.9 Å². The van der Waals surface area contributed by atoms with Crippen molar-refractivity contribution in [2.24, 2.45) is 0 Å². The van der Waals surface area contributed by atoms with Crippen LogP contribution >= 0.6 is 0 Å². The van der Waals surface area contributed by atoms with Crippen molar-refractivity contribution in [2.45, 2.75) is 38.6 Å². The molecule has 0 N–H and O–H groups in total. The van der Waals surface area contributed by atoms with E-state index in [0.29, 0.717) is 6.54 Å². The lowest BCUT2D eigenvalue weighted by atomic mass is 9.93. The topological polar surface area (TPSA) is 63.9 Å². The molecule has 0 aliphatic carbocycles. The number of carbonyl (C=O) groups excluding carboxylic acids is 1. The van der Waals surface area contributed by atoms with Gasteiger partial charge in [-0.2, -0.15) is 5.10 Å². The Kier molecular flexibility index (Phi) is 4.91. The van der Waals surface area contributed by atoms with Crippen molar-refractivity contribution in [1.82, 2.24) is 24.6 Å². The van der Waals surface area contributed by atoms with E-state index >= 15 is 0 Å². The first-order valence-corrected chi connectivity index (χ1v) is 10.7. The molecule has 5 rings (SSSR count). The predicted molar refractivity (Wildman–Crippen MR) is 117 cm³/mol. The zero-order valence-corrected chi connectivity index (χ0v) is 17.2. The lowest BCUT2D eigenvalue weighted by Gasteiger charge is -2.33. The van der Waals surface area contributed by atoms with E-state index in [0.717, 1.165) is 65.5 Å². The monoisotopic (exact) mass is 399 g/mol. The quantitative estimate of drug-likeness (QED) is 0.510. The van der Waals surface area contributed by atoms with Crippen LogP contribution in [0.3, 0.4) is 0 Å². The number of aromatic nitrogens is 4. The highest BCUT2D eigenvalue weighted by Crippen LogP contribution is 2.29. The van der Waals surface area contributed by atoms with Crippen LogP contribution in [-0.2, 0) is 6.54 Å². The van der Waals surface area contributed by atoms with Gasteiger partial charge in [0.25, 0.3) is 5.91 Å². The van der Waals surface area contributed by atoms with Gasteiger partial charge in [-0.05, 0) is 49.6 Å². The van der Waals surface area contributed by atoms with Crippen LogP contribution in [0.4, 0.5) is 0 Å². The van der Waals surface area contributed by atoms with Crippen molar-refractivity contribution in [3.63, 3.8) is 0 Å². The first-order valence-electron chi connectivity index (χ1n) is 10.7. The molecular formula is C24H25N5O. The van der Waals surface area contributed by atoms with Gasteiger partial charge in [-0.25, -0.2) is 9.67 Å². The van der Waals surface area contributed by atoms with Crippen LogP contribution < -0.4 is 0 Å². The normalized spacial score (nSPS) is 17.0. The predicted octanol–water partition coefficient (Wildman–Crippen LogP) is 4.41. The van der Waals surface area contributed by atoms with E-state index in [9.17, 15) is 4.79 Å². The van der Waals surface area contributed by atoms with Crippen molar-refractivity contribution in [3.8, 4) is 0 Å². The fraction of sp³-hybridized carbons (Fsp3) is 0.333. The summed E-state index contributed by atoms with van der Waals surface area (Å²) in [4.78, 5) is 24.7. The minimum absolute atomic E-state index is 0.0791. The molecule has 152 valence electrons. The standard InChI is InChI=1S/C24H25N5O/c1-2-13-29-23-17(15-26-29)10-11-21(27-23)18-6-5-14-28(16-18)24(30)20-7-3-9-22-19(20)8-4-12-25-22/h3-4,7-12,15,18H,2,5-6,13-14,16H2,1H3/t18-/m1/s1. The molecule has 1 saturated heterocycles. The summed E-state index contributed by atoms with van der Waals surface area (Å²) in [6.45, 7) is 4.48. The molecule has 1 aliphatic rings. The molecule has 6 nitrogen and oxygen atoms in total. The molecule has 30 heavy (non-hydrogen) atoms. The van der Waals surface area contributed by atoms with Crippen LogP contribution in [0.25, 0.3) is 21.9 Å². The summed E-state index contributed by atoms with van der Waals surface area (Å²) in [6, 6.07) is 13.8. The Labute approximate surface area is 175 Å². The number of piperidine rings is 1. The molecule has 1 atom stereocenters. The number of hydrogen-bond acceptors (Lipinski definition) is 4. The van der Waals surface area contributed by atoms with Gasteiger partial charge in [-0.1, -0.05) is 19.1 Å². The summed E-state index contributed by atoms with van der Waals surface area (Å²) in [5.74, 6) is 0.320. The largest absolute Gasteiger partial charge is 0.338 e. The van der Waals surface area contributed by atoms with Crippen LogP contribution in [0.5, 0.6) is 0 Å². The summed E-state index contributed by atoms with van der Waals surface area (Å²) in [5, 5.41) is 6.45. The smallest absolute Gasteiger partial charge is 0.254 e. The summed E-state index contributed by atoms with van der Waals surface area (Å²) in [5.41, 5.74) is 3.58. The Bertz CT molecular complexity index is 1210. The van der Waals surface area contributed by atoms with E-state index in [-0.39, 0.29) is 11.8 Å². The van der Waals surface area contributed by atoms with Gasteiger partial charge in [0.05, 0.1) is 11.7 Å². The van der Waals surface area contributed by atoms with Crippen molar-refractivity contribution >= 4 is 27.8 Å².